The van der Waals surface area contributed by atoms with Gasteiger partial charge in [0, 0.05) is 0 Å². The van der Waals surface area contributed by atoms with E-state index in [2.05, 4.69) is 13.2 Å². The molecule has 0 atom stereocenters. The lowest BCUT2D eigenvalue weighted by Gasteiger charge is -1.63. The lowest BCUT2D eigenvalue weighted by Crippen LogP contribution is -1.19. The fraction of sp³-hybridized carbons (Fsp3) is 0. The Kier molecular flexibility index (Phi) is 3.84. The summed E-state index contributed by atoms with van der Waals surface area (Å²) < 4.78 is 0. The van der Waals surface area contributed by atoms with E-state index in [-0.39, 0.29) is 0 Å². The van der Waals surface area contributed by atoms with Gasteiger partial charge in [-0.2, -0.15) is 0 Å². The van der Waals surface area contributed by atoms with Crippen LogP contribution in [0.25, 0.3) is 0 Å². The minimum atomic E-state index is 1.11. The monoisotopic (exact) mass is 85.0 g/mol. The molecule has 0 aromatic heterocycles. The van der Waals surface area contributed by atoms with E-state index in [9.17, 15) is 0 Å². The minimum absolute atomic E-state index is 1.11. The Morgan fingerprint density at radius 1 is 1.20 bits per heavy atom. The van der Waals surface area contributed by atoms with Crippen molar-refractivity contribution in [3.8, 4) is 0 Å². The van der Waals surface area contributed by atoms with Crippen molar-refractivity contribution in [3.63, 3.8) is 0 Å². The van der Waals surface area contributed by atoms with Crippen molar-refractivity contribution in [2.75, 3.05) is 0 Å². The molecule has 0 unspecified atom stereocenters. The summed E-state index contributed by atoms with van der Waals surface area (Å²) in [5.41, 5.74) is 0. The molecule has 0 rings (SSSR count). The summed E-state index contributed by atoms with van der Waals surface area (Å²) in [6, 6.07) is 0. The van der Waals surface area contributed by atoms with E-state index >= 15 is 0 Å². The normalized spacial score (nSPS) is 6.40. The molecule has 0 saturated carbocycles. The number of hydrogen-bond acceptors (Lipinski definition) is 0. The Balaban J connectivity index is 2.65. The van der Waals surface area contributed by atoms with Crippen molar-refractivity contribution in [1.29, 1.82) is 0 Å². The van der Waals surface area contributed by atoms with Crippen molar-refractivity contribution in [1.82, 2.24) is 0 Å². The lowest BCUT2D eigenvalue weighted by molar-refractivity contribution is 2.54. The van der Waals surface area contributed by atoms with Gasteiger partial charge in [-0.25, -0.2) is 0 Å². The molecular weight excluding hydrogens is 79.0 g/mol. The molecule has 0 spiro atoms. The summed E-state index contributed by atoms with van der Waals surface area (Å²) in [7, 11) is 1.11. The van der Waals surface area contributed by atoms with Gasteiger partial charge in [-0.1, -0.05) is 24.8 Å². The van der Waals surface area contributed by atoms with Gasteiger partial charge in [-0.3, -0.25) is 0 Å². The molecule has 1 heteroatoms. The first kappa shape index (κ1) is 4.91. The summed E-state index contributed by atoms with van der Waals surface area (Å²) >= 11 is 0. The average molecular weight is 85.1 g/mol. The van der Waals surface area contributed by atoms with Gasteiger partial charge in [0.15, 0.2) is 0 Å². The molecule has 0 aromatic carbocycles. The van der Waals surface area contributed by atoms with Crippen LogP contribution in [-0.4, -0.2) is 0 Å². The van der Waals surface area contributed by atoms with Gasteiger partial charge in [0.05, 0.1) is 0 Å². The Morgan fingerprint density at radius 3 is 1.60 bits per heavy atom. The van der Waals surface area contributed by atoms with Gasteiger partial charge in [-0.15, -0.1) is 0 Å². The van der Waals surface area contributed by atoms with E-state index in [4.69, 9.17) is 0 Å². The van der Waals surface area contributed by atoms with Crippen LogP contribution in [0.2, 0.25) is 0 Å². The molecule has 5 heavy (non-hydrogen) atoms. The zero-order valence-electron chi connectivity index (χ0n) is 3.02. The second kappa shape index (κ2) is 3.91. The molecule has 0 aliphatic carbocycles. The first-order chi connectivity index (χ1) is 2.41. The van der Waals surface area contributed by atoms with E-state index in [1.807, 2.05) is 0 Å². The predicted molar refractivity (Wildman–Crippen MR) is 27.3 cm³/mol. The van der Waals surface area contributed by atoms with Crippen LogP contribution in [0.4, 0.5) is 0 Å². The van der Waals surface area contributed by atoms with E-state index in [0.29, 0.717) is 0 Å². The highest BCUT2D eigenvalue weighted by Crippen LogP contribution is 2.07. The molecule has 1 radical (unpaired) electrons. The third-order valence-corrected chi connectivity index (χ3v) is 0.632. The third-order valence-electron chi connectivity index (χ3n) is 0.211. The largest absolute Gasteiger partial charge is 0.0979 e. The van der Waals surface area contributed by atoms with E-state index in [1.54, 1.807) is 11.6 Å². The average Bonchev–Trinajstić information content (AvgIpc) is 1.41. The predicted octanol–water partition coefficient (Wildman–Crippen LogP) is 2.22. The van der Waals surface area contributed by atoms with Crippen LogP contribution in [0, 0.1) is 0 Å². The summed E-state index contributed by atoms with van der Waals surface area (Å²) in [4.78, 5) is 0. The van der Waals surface area contributed by atoms with Gasteiger partial charge >= 0.3 is 0 Å². The van der Waals surface area contributed by atoms with Gasteiger partial charge < -0.3 is 0 Å². The molecule has 0 heterocycles. The molecule has 0 N–H and O–H groups in total. The maximum Gasteiger partial charge on any atom is -0.0273 e. The first-order valence-corrected chi connectivity index (χ1v) is 2.37. The Hall–Kier alpha value is -0.0900. The topological polar surface area (TPSA) is 0 Å². The third kappa shape index (κ3) is 3.91. The second-order valence-corrected chi connectivity index (χ2v) is 1.54. The smallest absolute Gasteiger partial charge is 0.0273 e. The molecule has 27 valence electrons. The van der Waals surface area contributed by atoms with E-state index < -0.39 is 0 Å². The highest BCUT2D eigenvalue weighted by molar-refractivity contribution is 7.45. The van der Waals surface area contributed by atoms with Gasteiger partial charge in [0.25, 0.3) is 0 Å². The van der Waals surface area contributed by atoms with Gasteiger partial charge in [-0.05, 0) is 8.58 Å². The van der Waals surface area contributed by atoms with E-state index in [1.165, 1.54) is 0 Å². The Labute approximate surface area is 34.4 Å². The van der Waals surface area contributed by atoms with Gasteiger partial charge in [0.2, 0.25) is 0 Å². The van der Waals surface area contributed by atoms with Crippen LogP contribution in [0.5, 0.6) is 0 Å². The number of rotatable bonds is 2. The molecule has 0 aliphatic heterocycles. The minimum Gasteiger partial charge on any atom is -0.0979 e. The molecule has 0 nitrogen and oxygen atoms in total. The highest BCUT2D eigenvalue weighted by Gasteiger charge is 1.53. The zero-order chi connectivity index (χ0) is 4.12. The van der Waals surface area contributed by atoms with Crippen molar-refractivity contribution in [2.24, 2.45) is 0 Å². The zero-order valence-corrected chi connectivity index (χ0v) is 3.91. The number of hydrogen-bond donors (Lipinski definition) is 0. The molecule has 0 aromatic rings. The standard InChI is InChI=1S/C4H6P/c1-3-5-4-2/h3-4H,1-2H2. The van der Waals surface area contributed by atoms with Crippen LogP contribution in [0.1, 0.15) is 0 Å². The summed E-state index contributed by atoms with van der Waals surface area (Å²) in [5, 5.41) is 0. The second-order valence-electron chi connectivity index (χ2n) is 0.514. The first-order valence-electron chi connectivity index (χ1n) is 1.33. The summed E-state index contributed by atoms with van der Waals surface area (Å²) in [6.07, 6.45) is 0. The fourth-order valence-electron chi connectivity index (χ4n) is 0.0745. The molecular formula is C4H6P. The molecule has 0 saturated heterocycles. The van der Waals surface area contributed by atoms with Crippen LogP contribution in [0.3, 0.4) is 0 Å². The van der Waals surface area contributed by atoms with Crippen molar-refractivity contribution < 1.29 is 0 Å². The highest BCUT2D eigenvalue weighted by atomic mass is 31.1. The molecule has 0 aliphatic rings. The quantitative estimate of drug-likeness (QED) is 0.451. The summed E-state index contributed by atoms with van der Waals surface area (Å²) in [5.74, 6) is 3.57. The van der Waals surface area contributed by atoms with Crippen molar-refractivity contribution in [2.45, 2.75) is 0 Å². The fourth-order valence-corrected chi connectivity index (χ4v) is 0.224. The van der Waals surface area contributed by atoms with Gasteiger partial charge in [0.1, 0.15) is 0 Å². The Morgan fingerprint density at radius 2 is 1.60 bits per heavy atom. The molecule has 0 amide bonds. The van der Waals surface area contributed by atoms with E-state index in [0.717, 1.165) is 8.58 Å². The molecule has 0 bridgehead atoms. The SMILES string of the molecule is C=C[P]C=C. The van der Waals surface area contributed by atoms with Crippen LogP contribution in [0.15, 0.2) is 24.8 Å². The Bertz CT molecular complexity index is 32.9. The van der Waals surface area contributed by atoms with Crippen LogP contribution < -0.4 is 0 Å². The maximum absolute atomic E-state index is 3.47. The maximum atomic E-state index is 3.47. The lowest BCUT2D eigenvalue weighted by atomic mass is 11.3. The van der Waals surface area contributed by atoms with Crippen LogP contribution >= 0.6 is 8.58 Å². The van der Waals surface area contributed by atoms with Crippen LogP contribution in [-0.2, 0) is 0 Å². The van der Waals surface area contributed by atoms with Crippen molar-refractivity contribution in [3.05, 3.63) is 24.8 Å². The summed E-state index contributed by atoms with van der Waals surface area (Å²) in [6.45, 7) is 6.93. The molecule has 0 fully saturated rings. The van der Waals surface area contributed by atoms with Crippen molar-refractivity contribution >= 4 is 8.58 Å².